The van der Waals surface area contributed by atoms with Crippen molar-refractivity contribution in [3.8, 4) is 5.75 Å². The van der Waals surface area contributed by atoms with Gasteiger partial charge in [-0.2, -0.15) is 0 Å². The molecule has 0 heterocycles. The van der Waals surface area contributed by atoms with Crippen LogP contribution in [-0.4, -0.2) is 17.0 Å². The quantitative estimate of drug-likeness (QED) is 0.392. The summed E-state index contributed by atoms with van der Waals surface area (Å²) < 4.78 is 5.97. The predicted molar refractivity (Wildman–Crippen MR) is 126 cm³/mol. The number of amides is 1. The first kappa shape index (κ1) is 23.4. The smallest absolute Gasteiger partial charge is 0.303 e. The second kappa shape index (κ2) is 11.3. The van der Waals surface area contributed by atoms with Gasteiger partial charge in [0.1, 0.15) is 12.4 Å². The van der Waals surface area contributed by atoms with Gasteiger partial charge in [0.05, 0.1) is 11.6 Å². The van der Waals surface area contributed by atoms with E-state index in [1.54, 1.807) is 12.1 Å². The van der Waals surface area contributed by atoms with E-state index >= 15 is 0 Å². The number of nitrogens with one attached hydrogen (secondary N) is 1. The molecule has 0 aliphatic carbocycles. The van der Waals surface area contributed by atoms with Crippen LogP contribution >= 0.6 is 11.6 Å². The molecular weight excluding hydrogens is 426 g/mol. The Morgan fingerprint density at radius 3 is 2.31 bits per heavy atom. The number of hydrogen-bond acceptors (Lipinski definition) is 3. The molecule has 1 atom stereocenters. The van der Waals surface area contributed by atoms with Crippen molar-refractivity contribution < 1.29 is 19.4 Å². The number of carboxylic acids is 1. The van der Waals surface area contributed by atoms with Gasteiger partial charge in [0.15, 0.2) is 0 Å². The Labute approximate surface area is 193 Å². The topological polar surface area (TPSA) is 75.6 Å². The molecule has 0 aliphatic heterocycles. The summed E-state index contributed by atoms with van der Waals surface area (Å²) in [6.45, 7) is 2.20. The molecule has 0 saturated carbocycles. The highest BCUT2D eigenvalue weighted by Gasteiger charge is 2.17. The maximum absolute atomic E-state index is 12.8. The Bertz CT molecular complexity index is 1050. The van der Waals surface area contributed by atoms with Crippen molar-refractivity contribution >= 4 is 29.2 Å². The zero-order valence-electron chi connectivity index (χ0n) is 17.9. The van der Waals surface area contributed by atoms with Crippen LogP contribution in [0.5, 0.6) is 5.75 Å². The van der Waals surface area contributed by atoms with Gasteiger partial charge in [-0.15, -0.1) is 0 Å². The molecule has 2 N–H and O–H groups in total. The van der Waals surface area contributed by atoms with Crippen molar-refractivity contribution in [2.45, 2.75) is 38.7 Å². The zero-order valence-corrected chi connectivity index (χ0v) is 18.6. The molecule has 0 saturated heterocycles. The van der Waals surface area contributed by atoms with E-state index in [-0.39, 0.29) is 18.2 Å². The Balaban J connectivity index is 1.58. The Hall–Kier alpha value is -3.31. The molecule has 3 rings (SSSR count). The van der Waals surface area contributed by atoms with Crippen molar-refractivity contribution in [1.29, 1.82) is 0 Å². The number of benzene rings is 3. The van der Waals surface area contributed by atoms with Crippen molar-refractivity contribution in [2.24, 2.45) is 0 Å². The highest BCUT2D eigenvalue weighted by molar-refractivity contribution is 6.30. The summed E-state index contributed by atoms with van der Waals surface area (Å²) >= 11 is 5.94. The fraction of sp³-hybridized carbons (Fsp3) is 0.231. The van der Waals surface area contributed by atoms with E-state index in [1.165, 1.54) is 0 Å². The van der Waals surface area contributed by atoms with Crippen molar-refractivity contribution in [3.63, 3.8) is 0 Å². The van der Waals surface area contributed by atoms with E-state index in [0.29, 0.717) is 29.5 Å². The summed E-state index contributed by atoms with van der Waals surface area (Å²) in [7, 11) is 0. The fourth-order valence-corrected chi connectivity index (χ4v) is 3.37. The van der Waals surface area contributed by atoms with E-state index < -0.39 is 5.97 Å². The predicted octanol–water partition coefficient (Wildman–Crippen LogP) is 6.07. The molecule has 0 fully saturated rings. The number of carbonyl (C=O) groups excluding carboxylic acids is 1. The van der Waals surface area contributed by atoms with Gasteiger partial charge >= 0.3 is 5.97 Å². The number of para-hydroxylation sites is 2. The number of ether oxygens (including phenoxy) is 1. The maximum atomic E-state index is 12.8. The molecule has 0 radical (unpaired) electrons. The monoisotopic (exact) mass is 451 g/mol. The summed E-state index contributed by atoms with van der Waals surface area (Å²) in [4.78, 5) is 23.4. The lowest BCUT2D eigenvalue weighted by molar-refractivity contribution is -0.137. The molecule has 3 aromatic carbocycles. The molecular formula is C26H26ClNO4. The van der Waals surface area contributed by atoms with Crippen molar-refractivity contribution in [1.82, 2.24) is 0 Å². The van der Waals surface area contributed by atoms with Crippen LogP contribution in [0.4, 0.5) is 5.69 Å². The second-order valence-corrected chi connectivity index (χ2v) is 8.05. The van der Waals surface area contributed by atoms with E-state index in [4.69, 9.17) is 21.4 Å². The largest absolute Gasteiger partial charge is 0.487 e. The third-order valence-corrected chi connectivity index (χ3v) is 5.43. The Kier molecular flexibility index (Phi) is 8.28. The van der Waals surface area contributed by atoms with Crippen LogP contribution < -0.4 is 10.1 Å². The lowest BCUT2D eigenvalue weighted by atomic mass is 10.0. The van der Waals surface area contributed by atoms with Gasteiger partial charge in [-0.1, -0.05) is 60.1 Å². The van der Waals surface area contributed by atoms with Gasteiger partial charge in [-0.3, -0.25) is 9.59 Å². The second-order valence-electron chi connectivity index (χ2n) is 7.61. The highest BCUT2D eigenvalue weighted by atomic mass is 35.5. The average Bonchev–Trinajstić information content (AvgIpc) is 2.79. The molecule has 0 spiro atoms. The third-order valence-electron chi connectivity index (χ3n) is 5.18. The van der Waals surface area contributed by atoms with Crippen molar-refractivity contribution in [3.05, 3.63) is 94.5 Å². The van der Waals surface area contributed by atoms with E-state index in [9.17, 15) is 9.59 Å². The van der Waals surface area contributed by atoms with Gasteiger partial charge in [0, 0.05) is 11.4 Å². The molecule has 32 heavy (non-hydrogen) atoms. The summed E-state index contributed by atoms with van der Waals surface area (Å²) in [6.07, 6.45) is 1.52. The van der Waals surface area contributed by atoms with Crippen LogP contribution in [0.25, 0.3) is 0 Å². The zero-order chi connectivity index (χ0) is 22.9. The van der Waals surface area contributed by atoms with Crippen molar-refractivity contribution in [2.75, 3.05) is 5.32 Å². The highest BCUT2D eigenvalue weighted by Crippen LogP contribution is 2.27. The number of rotatable bonds is 10. The van der Waals surface area contributed by atoms with Gasteiger partial charge in [0.25, 0.3) is 0 Å². The third kappa shape index (κ3) is 6.86. The van der Waals surface area contributed by atoms with E-state index in [0.717, 1.165) is 23.1 Å². The summed E-state index contributed by atoms with van der Waals surface area (Å²) in [5, 5.41) is 12.3. The minimum absolute atomic E-state index is 0.130. The van der Waals surface area contributed by atoms with Gasteiger partial charge in [-0.05, 0) is 60.7 Å². The standard InChI is InChI=1S/C26H26ClNO4/c1-18(21-13-15-22(27)16-14-21)26(31)28-23-6-2-3-7-24(23)32-17-20-11-9-19(10-12-20)5-4-8-25(29)30/h2-3,6-7,9-16,18H,4-5,8,17H2,1H3,(H,28,31)(H,29,30). The molecule has 0 bridgehead atoms. The molecule has 0 aromatic heterocycles. The molecule has 166 valence electrons. The number of carboxylic acid groups (broad SMARTS) is 1. The molecule has 0 aliphatic rings. The Morgan fingerprint density at radius 1 is 0.969 bits per heavy atom. The maximum Gasteiger partial charge on any atom is 0.303 e. The SMILES string of the molecule is CC(C(=O)Nc1ccccc1OCc1ccc(CCCC(=O)O)cc1)c1ccc(Cl)cc1. The van der Waals surface area contributed by atoms with Gasteiger partial charge in [0.2, 0.25) is 5.91 Å². The van der Waals surface area contributed by atoms with Crippen LogP contribution in [0.15, 0.2) is 72.8 Å². The van der Waals surface area contributed by atoms with E-state index in [2.05, 4.69) is 5.32 Å². The lowest BCUT2D eigenvalue weighted by Crippen LogP contribution is -2.19. The molecule has 5 nitrogen and oxygen atoms in total. The fourth-order valence-electron chi connectivity index (χ4n) is 3.25. The summed E-state index contributed by atoms with van der Waals surface area (Å²) in [5.74, 6) is -0.652. The molecule has 1 amide bonds. The van der Waals surface area contributed by atoms with E-state index in [1.807, 2.05) is 67.6 Å². The number of aryl methyl sites for hydroxylation is 1. The number of anilines is 1. The first-order chi connectivity index (χ1) is 15.4. The molecule has 3 aromatic rings. The lowest BCUT2D eigenvalue weighted by Gasteiger charge is -2.16. The summed E-state index contributed by atoms with van der Waals surface area (Å²) in [6, 6.07) is 22.5. The van der Waals surface area contributed by atoms with Crippen LogP contribution in [0, 0.1) is 0 Å². The van der Waals surface area contributed by atoms with Gasteiger partial charge in [-0.25, -0.2) is 0 Å². The van der Waals surface area contributed by atoms with Gasteiger partial charge < -0.3 is 15.2 Å². The van der Waals surface area contributed by atoms with Crippen LogP contribution in [0.3, 0.4) is 0 Å². The minimum atomic E-state index is -0.775. The first-order valence-corrected chi connectivity index (χ1v) is 10.9. The minimum Gasteiger partial charge on any atom is -0.487 e. The first-order valence-electron chi connectivity index (χ1n) is 10.5. The normalized spacial score (nSPS) is 11.6. The number of halogens is 1. The van der Waals surface area contributed by atoms with Crippen LogP contribution in [-0.2, 0) is 22.6 Å². The molecule has 6 heteroatoms. The number of hydrogen-bond donors (Lipinski definition) is 2. The van der Waals surface area contributed by atoms with Crippen LogP contribution in [0.2, 0.25) is 5.02 Å². The Morgan fingerprint density at radius 2 is 1.62 bits per heavy atom. The number of carbonyl (C=O) groups is 2. The van der Waals surface area contributed by atoms with Crippen LogP contribution in [0.1, 0.15) is 42.4 Å². The molecule has 1 unspecified atom stereocenters. The summed E-state index contributed by atoms with van der Waals surface area (Å²) in [5.41, 5.74) is 3.58. The average molecular weight is 452 g/mol. The number of aliphatic carboxylic acids is 1.